The summed E-state index contributed by atoms with van der Waals surface area (Å²) < 4.78 is 4.45. The predicted octanol–water partition coefficient (Wildman–Crippen LogP) is 2.48. The molecule has 3 N–H and O–H groups in total. The molecule has 2 rings (SSSR count). The standard InChI is InChI=1S/C19H24N2O3S/c1-13(2)11-14-6-8-15(9-7-14)18(16-5-4-10-25-16)20-12-17(22)21-19(23)24-3/h4-10,13,18,20H,11-12H2,1-3H3,(H,21,22,23)/p+1/t18-/m0/s1. The summed E-state index contributed by atoms with van der Waals surface area (Å²) in [6, 6.07) is 12.6. The van der Waals surface area contributed by atoms with Crippen LogP contribution in [0.15, 0.2) is 41.8 Å². The van der Waals surface area contributed by atoms with Gasteiger partial charge in [0.25, 0.3) is 5.91 Å². The molecule has 1 heterocycles. The van der Waals surface area contributed by atoms with E-state index in [0.29, 0.717) is 5.92 Å². The summed E-state index contributed by atoms with van der Waals surface area (Å²) in [5, 5.41) is 6.14. The lowest BCUT2D eigenvalue weighted by atomic mass is 9.99. The molecular weight excluding hydrogens is 336 g/mol. The summed E-state index contributed by atoms with van der Waals surface area (Å²) in [5.41, 5.74) is 2.45. The summed E-state index contributed by atoms with van der Waals surface area (Å²) in [7, 11) is 1.24. The minimum absolute atomic E-state index is 0.0245. The maximum atomic E-state index is 11.9. The number of alkyl carbamates (subject to hydrolysis) is 1. The van der Waals surface area contributed by atoms with Gasteiger partial charge in [0.05, 0.1) is 12.0 Å². The molecule has 0 aliphatic heterocycles. The average molecular weight is 361 g/mol. The summed E-state index contributed by atoms with van der Waals surface area (Å²) in [6.45, 7) is 4.55. The van der Waals surface area contributed by atoms with Crippen molar-refractivity contribution in [2.75, 3.05) is 13.7 Å². The molecule has 0 aliphatic carbocycles. The van der Waals surface area contributed by atoms with Gasteiger partial charge >= 0.3 is 6.09 Å². The quantitative estimate of drug-likeness (QED) is 0.796. The van der Waals surface area contributed by atoms with Gasteiger partial charge in [-0.15, -0.1) is 11.3 Å². The van der Waals surface area contributed by atoms with Gasteiger partial charge in [-0.1, -0.05) is 44.2 Å². The lowest BCUT2D eigenvalue weighted by Gasteiger charge is -2.15. The second-order valence-corrected chi connectivity index (χ2v) is 7.29. The minimum atomic E-state index is -0.732. The minimum Gasteiger partial charge on any atom is -0.453 e. The predicted molar refractivity (Wildman–Crippen MR) is 98.5 cm³/mol. The Bertz CT molecular complexity index is 681. The molecule has 0 aliphatic rings. The van der Waals surface area contributed by atoms with Crippen LogP contribution in [0.4, 0.5) is 4.79 Å². The van der Waals surface area contributed by atoms with Crippen LogP contribution in [0.5, 0.6) is 0 Å². The molecule has 134 valence electrons. The molecule has 6 heteroatoms. The molecule has 0 fully saturated rings. The van der Waals surface area contributed by atoms with Crippen LogP contribution in [0, 0.1) is 5.92 Å². The van der Waals surface area contributed by atoms with Crippen LogP contribution >= 0.6 is 11.3 Å². The topological polar surface area (TPSA) is 72.0 Å². The Morgan fingerprint density at radius 2 is 1.92 bits per heavy atom. The number of methoxy groups -OCH3 is 1. The molecule has 1 aromatic heterocycles. The second kappa shape index (κ2) is 9.34. The van der Waals surface area contributed by atoms with Crippen molar-refractivity contribution in [3.8, 4) is 0 Å². The molecule has 2 aromatic rings. The van der Waals surface area contributed by atoms with Gasteiger partial charge in [0, 0.05) is 5.56 Å². The number of imide groups is 1. The van der Waals surface area contributed by atoms with Gasteiger partial charge in [-0.3, -0.25) is 10.1 Å². The number of carbonyl (C=O) groups is 2. The molecule has 0 radical (unpaired) electrons. The van der Waals surface area contributed by atoms with Crippen LogP contribution in [0.1, 0.15) is 35.9 Å². The van der Waals surface area contributed by atoms with Crippen molar-refractivity contribution in [3.05, 3.63) is 57.8 Å². The lowest BCUT2D eigenvalue weighted by molar-refractivity contribution is -0.676. The van der Waals surface area contributed by atoms with E-state index in [1.807, 2.05) is 16.8 Å². The molecule has 0 saturated carbocycles. The van der Waals surface area contributed by atoms with Crippen LogP contribution in [0.3, 0.4) is 0 Å². The number of rotatable bonds is 7. The van der Waals surface area contributed by atoms with Crippen molar-refractivity contribution in [3.63, 3.8) is 0 Å². The third kappa shape index (κ3) is 5.99. The third-order valence-corrected chi connectivity index (χ3v) is 4.75. The lowest BCUT2D eigenvalue weighted by Crippen LogP contribution is -2.87. The van der Waals surface area contributed by atoms with E-state index in [-0.39, 0.29) is 18.5 Å². The first-order chi connectivity index (χ1) is 12.0. The molecular formula is C19H25N2O3S+. The van der Waals surface area contributed by atoms with E-state index < -0.39 is 6.09 Å². The molecule has 1 atom stereocenters. The largest absolute Gasteiger partial charge is 0.453 e. The van der Waals surface area contributed by atoms with Gasteiger partial charge in [-0.05, 0) is 29.3 Å². The zero-order chi connectivity index (χ0) is 18.2. The van der Waals surface area contributed by atoms with E-state index in [2.05, 4.69) is 54.2 Å². The average Bonchev–Trinajstić information content (AvgIpc) is 3.10. The van der Waals surface area contributed by atoms with Crippen LogP contribution in [0.2, 0.25) is 0 Å². The zero-order valence-corrected chi connectivity index (χ0v) is 15.6. The normalized spacial score (nSPS) is 12.0. The van der Waals surface area contributed by atoms with Crippen LogP contribution in [-0.2, 0) is 16.0 Å². The van der Waals surface area contributed by atoms with Gasteiger partial charge in [0.1, 0.15) is 6.04 Å². The second-order valence-electron chi connectivity index (χ2n) is 6.31. The Morgan fingerprint density at radius 3 is 2.48 bits per heavy atom. The summed E-state index contributed by atoms with van der Waals surface area (Å²) >= 11 is 1.66. The Kier molecular flexibility index (Phi) is 7.16. The Labute approximate surface area is 152 Å². The van der Waals surface area contributed by atoms with Gasteiger partial charge in [-0.2, -0.15) is 0 Å². The van der Waals surface area contributed by atoms with Crippen molar-refractivity contribution < 1.29 is 19.6 Å². The highest BCUT2D eigenvalue weighted by molar-refractivity contribution is 7.10. The molecule has 0 spiro atoms. The first-order valence-electron chi connectivity index (χ1n) is 8.33. The van der Waals surface area contributed by atoms with Crippen LogP contribution in [0.25, 0.3) is 0 Å². The summed E-state index contributed by atoms with van der Waals surface area (Å²) in [5.74, 6) is 0.248. The first kappa shape index (κ1) is 19.1. The molecule has 0 unspecified atom stereocenters. The Hall–Kier alpha value is -2.18. The van der Waals surface area contributed by atoms with E-state index in [1.165, 1.54) is 17.6 Å². The van der Waals surface area contributed by atoms with Gasteiger partial charge < -0.3 is 10.1 Å². The van der Waals surface area contributed by atoms with E-state index in [9.17, 15) is 9.59 Å². The fourth-order valence-corrected chi connectivity index (χ4v) is 3.51. The number of amides is 2. The molecule has 25 heavy (non-hydrogen) atoms. The number of nitrogens with two attached hydrogens (primary N) is 1. The number of ether oxygens (including phenoxy) is 1. The highest BCUT2D eigenvalue weighted by Gasteiger charge is 2.21. The number of nitrogens with one attached hydrogen (secondary N) is 1. The number of hydrogen-bond donors (Lipinski definition) is 2. The fraction of sp³-hybridized carbons (Fsp3) is 0.368. The van der Waals surface area contributed by atoms with Crippen molar-refractivity contribution in [2.45, 2.75) is 26.3 Å². The van der Waals surface area contributed by atoms with Crippen LogP contribution < -0.4 is 10.6 Å². The smallest absolute Gasteiger partial charge is 0.413 e. The van der Waals surface area contributed by atoms with Gasteiger partial charge in [0.15, 0.2) is 6.54 Å². The number of thiophene rings is 1. The monoisotopic (exact) mass is 361 g/mol. The van der Waals surface area contributed by atoms with Gasteiger partial charge in [-0.25, -0.2) is 4.79 Å². The number of hydrogen-bond acceptors (Lipinski definition) is 4. The number of benzene rings is 1. The maximum absolute atomic E-state index is 11.9. The van der Waals surface area contributed by atoms with Crippen LogP contribution in [-0.4, -0.2) is 25.7 Å². The zero-order valence-electron chi connectivity index (χ0n) is 14.8. The number of quaternary nitrogens is 1. The Balaban J connectivity index is 2.09. The maximum Gasteiger partial charge on any atom is 0.413 e. The van der Waals surface area contributed by atoms with Crippen molar-refractivity contribution in [1.82, 2.24) is 5.32 Å². The highest BCUT2D eigenvalue weighted by atomic mass is 32.1. The van der Waals surface area contributed by atoms with E-state index in [0.717, 1.165) is 12.0 Å². The van der Waals surface area contributed by atoms with Crippen molar-refractivity contribution in [1.29, 1.82) is 0 Å². The third-order valence-electron chi connectivity index (χ3n) is 3.80. The van der Waals surface area contributed by atoms with Crippen molar-refractivity contribution in [2.24, 2.45) is 5.92 Å². The Morgan fingerprint density at radius 1 is 1.20 bits per heavy atom. The fourth-order valence-electron chi connectivity index (χ4n) is 2.66. The molecule has 1 aromatic carbocycles. The number of carbonyl (C=O) groups excluding carboxylic acids is 2. The van der Waals surface area contributed by atoms with Gasteiger partial charge in [0.2, 0.25) is 0 Å². The van der Waals surface area contributed by atoms with E-state index in [1.54, 1.807) is 11.3 Å². The van der Waals surface area contributed by atoms with E-state index >= 15 is 0 Å². The molecule has 0 saturated heterocycles. The highest BCUT2D eigenvalue weighted by Crippen LogP contribution is 2.23. The molecule has 0 bridgehead atoms. The van der Waals surface area contributed by atoms with Crippen molar-refractivity contribution >= 4 is 23.3 Å². The molecule has 2 amide bonds. The first-order valence-corrected chi connectivity index (χ1v) is 9.21. The SMILES string of the molecule is COC(=O)NC(=O)C[NH2+][C@@H](c1ccc(CC(C)C)cc1)c1cccs1. The summed E-state index contributed by atoms with van der Waals surface area (Å²) in [4.78, 5) is 24.1. The van der Waals surface area contributed by atoms with E-state index in [4.69, 9.17) is 0 Å². The summed E-state index contributed by atoms with van der Waals surface area (Å²) in [6.07, 6.45) is 0.318. The molecule has 5 nitrogen and oxygen atoms in total.